The summed E-state index contributed by atoms with van der Waals surface area (Å²) in [5.74, 6) is 1.51. The molecule has 0 aliphatic rings. The van der Waals surface area contributed by atoms with Crippen LogP contribution in [-0.4, -0.2) is 18.6 Å². The summed E-state index contributed by atoms with van der Waals surface area (Å²) in [7, 11) is 1.57. The van der Waals surface area contributed by atoms with E-state index in [0.29, 0.717) is 5.92 Å². The predicted molar refractivity (Wildman–Crippen MR) is 58.2 cm³/mol. The van der Waals surface area contributed by atoms with E-state index in [0.717, 1.165) is 18.1 Å². The SMILES string of the molecule is CONc1ccc(NCC(C)C)nc1. The lowest BCUT2D eigenvalue weighted by Crippen LogP contribution is -2.09. The number of nitrogens with zero attached hydrogens (tertiary/aromatic N) is 1. The quantitative estimate of drug-likeness (QED) is 0.706. The smallest absolute Gasteiger partial charge is 0.126 e. The summed E-state index contributed by atoms with van der Waals surface area (Å²) in [5.41, 5.74) is 3.56. The number of pyridine rings is 1. The Balaban J connectivity index is 2.46. The van der Waals surface area contributed by atoms with Crippen molar-refractivity contribution in [2.45, 2.75) is 13.8 Å². The first-order chi connectivity index (χ1) is 6.72. The highest BCUT2D eigenvalue weighted by molar-refractivity contribution is 5.45. The molecular weight excluding hydrogens is 178 g/mol. The van der Waals surface area contributed by atoms with Crippen molar-refractivity contribution in [2.24, 2.45) is 5.92 Å². The molecule has 0 unspecified atom stereocenters. The van der Waals surface area contributed by atoms with Gasteiger partial charge in [-0.15, -0.1) is 0 Å². The molecule has 4 nitrogen and oxygen atoms in total. The second-order valence-electron chi connectivity index (χ2n) is 3.51. The molecule has 0 saturated heterocycles. The highest BCUT2D eigenvalue weighted by atomic mass is 16.6. The third kappa shape index (κ3) is 3.62. The topological polar surface area (TPSA) is 46.2 Å². The van der Waals surface area contributed by atoms with Gasteiger partial charge in [0.25, 0.3) is 0 Å². The largest absolute Gasteiger partial charge is 0.370 e. The van der Waals surface area contributed by atoms with Gasteiger partial charge in [0.15, 0.2) is 0 Å². The minimum Gasteiger partial charge on any atom is -0.370 e. The Labute approximate surface area is 84.6 Å². The highest BCUT2D eigenvalue weighted by Crippen LogP contribution is 2.09. The first-order valence-electron chi connectivity index (χ1n) is 4.71. The van der Waals surface area contributed by atoms with Crippen LogP contribution in [0, 0.1) is 5.92 Å². The van der Waals surface area contributed by atoms with Crippen LogP contribution in [0.4, 0.5) is 11.5 Å². The molecule has 0 aliphatic heterocycles. The standard InChI is InChI=1S/C10H17N3O/c1-8(2)6-11-10-5-4-9(7-12-10)13-14-3/h4-5,7-8,13H,6H2,1-3H3,(H,11,12). The zero-order chi connectivity index (χ0) is 10.4. The molecule has 0 atom stereocenters. The molecule has 1 aromatic heterocycles. The van der Waals surface area contributed by atoms with Gasteiger partial charge in [0.2, 0.25) is 0 Å². The molecule has 0 amide bonds. The number of rotatable bonds is 5. The van der Waals surface area contributed by atoms with Crippen molar-refractivity contribution in [3.63, 3.8) is 0 Å². The molecule has 0 spiro atoms. The molecule has 1 heterocycles. The maximum absolute atomic E-state index is 4.76. The summed E-state index contributed by atoms with van der Waals surface area (Å²) in [4.78, 5) is 8.97. The van der Waals surface area contributed by atoms with E-state index in [1.165, 1.54) is 0 Å². The van der Waals surface area contributed by atoms with Gasteiger partial charge in [-0.25, -0.2) is 4.98 Å². The summed E-state index contributed by atoms with van der Waals surface area (Å²) >= 11 is 0. The number of hydrogen-bond donors (Lipinski definition) is 2. The Hall–Kier alpha value is -1.29. The minimum atomic E-state index is 0.619. The molecule has 4 heteroatoms. The number of aromatic nitrogens is 1. The lowest BCUT2D eigenvalue weighted by molar-refractivity contribution is 0.271. The summed E-state index contributed by atoms with van der Waals surface area (Å²) in [6, 6.07) is 3.84. The fourth-order valence-electron chi connectivity index (χ4n) is 0.985. The van der Waals surface area contributed by atoms with E-state index in [9.17, 15) is 0 Å². The molecule has 1 aromatic rings. The van der Waals surface area contributed by atoms with Crippen LogP contribution in [0.3, 0.4) is 0 Å². The second kappa shape index (κ2) is 5.44. The lowest BCUT2D eigenvalue weighted by atomic mass is 10.2. The number of anilines is 2. The van der Waals surface area contributed by atoms with E-state index in [1.807, 2.05) is 12.1 Å². The fraction of sp³-hybridized carbons (Fsp3) is 0.500. The van der Waals surface area contributed by atoms with Gasteiger partial charge in [0, 0.05) is 6.54 Å². The molecule has 14 heavy (non-hydrogen) atoms. The normalized spacial score (nSPS) is 10.3. The average molecular weight is 195 g/mol. The van der Waals surface area contributed by atoms with Gasteiger partial charge in [-0.2, -0.15) is 0 Å². The van der Waals surface area contributed by atoms with Gasteiger partial charge in [0.1, 0.15) is 5.82 Å². The van der Waals surface area contributed by atoms with Crippen molar-refractivity contribution in [2.75, 3.05) is 24.5 Å². The van der Waals surface area contributed by atoms with Crippen molar-refractivity contribution in [1.82, 2.24) is 4.98 Å². The predicted octanol–water partition coefficient (Wildman–Crippen LogP) is 2.12. The summed E-state index contributed by atoms with van der Waals surface area (Å²) in [6.45, 7) is 5.26. The second-order valence-corrected chi connectivity index (χ2v) is 3.51. The van der Waals surface area contributed by atoms with Crippen molar-refractivity contribution in [1.29, 1.82) is 0 Å². The van der Waals surface area contributed by atoms with Crippen LogP contribution in [0.15, 0.2) is 18.3 Å². The molecule has 2 N–H and O–H groups in total. The zero-order valence-corrected chi connectivity index (χ0v) is 8.87. The van der Waals surface area contributed by atoms with E-state index >= 15 is 0 Å². The molecule has 0 aromatic carbocycles. The molecule has 0 saturated carbocycles. The van der Waals surface area contributed by atoms with Crippen LogP contribution in [0.1, 0.15) is 13.8 Å². The van der Waals surface area contributed by atoms with E-state index < -0.39 is 0 Å². The summed E-state index contributed by atoms with van der Waals surface area (Å²) in [5, 5.41) is 3.23. The van der Waals surface area contributed by atoms with Crippen molar-refractivity contribution >= 4 is 11.5 Å². The van der Waals surface area contributed by atoms with E-state index in [-0.39, 0.29) is 0 Å². The number of hydrogen-bond acceptors (Lipinski definition) is 4. The molecule has 0 fully saturated rings. The van der Waals surface area contributed by atoms with Crippen molar-refractivity contribution in [3.05, 3.63) is 18.3 Å². The molecule has 0 aliphatic carbocycles. The zero-order valence-electron chi connectivity index (χ0n) is 8.87. The van der Waals surface area contributed by atoms with Crippen molar-refractivity contribution < 1.29 is 4.84 Å². The van der Waals surface area contributed by atoms with Crippen LogP contribution in [0.25, 0.3) is 0 Å². The minimum absolute atomic E-state index is 0.619. The van der Waals surface area contributed by atoms with Crippen LogP contribution in [0.5, 0.6) is 0 Å². The van der Waals surface area contributed by atoms with Crippen molar-refractivity contribution in [3.8, 4) is 0 Å². The molecular formula is C10H17N3O. The Kier molecular flexibility index (Phi) is 4.19. The van der Waals surface area contributed by atoms with E-state index in [1.54, 1.807) is 13.3 Å². The maximum Gasteiger partial charge on any atom is 0.126 e. The Bertz CT molecular complexity index is 259. The van der Waals surface area contributed by atoms with Gasteiger partial charge >= 0.3 is 0 Å². The van der Waals surface area contributed by atoms with Gasteiger partial charge < -0.3 is 5.32 Å². The van der Waals surface area contributed by atoms with Gasteiger partial charge in [-0.3, -0.25) is 10.3 Å². The molecule has 78 valence electrons. The van der Waals surface area contributed by atoms with Gasteiger partial charge in [-0.05, 0) is 18.1 Å². The van der Waals surface area contributed by atoms with E-state index in [2.05, 4.69) is 29.6 Å². The van der Waals surface area contributed by atoms with Crippen LogP contribution in [-0.2, 0) is 4.84 Å². The lowest BCUT2D eigenvalue weighted by Gasteiger charge is -2.08. The van der Waals surface area contributed by atoms with Crippen LogP contribution >= 0.6 is 0 Å². The van der Waals surface area contributed by atoms with E-state index in [4.69, 9.17) is 4.84 Å². The van der Waals surface area contributed by atoms with Gasteiger partial charge in [-0.1, -0.05) is 13.8 Å². The first kappa shape index (κ1) is 10.8. The van der Waals surface area contributed by atoms with Crippen LogP contribution in [0.2, 0.25) is 0 Å². The third-order valence-corrected chi connectivity index (χ3v) is 1.67. The summed E-state index contributed by atoms with van der Waals surface area (Å²) < 4.78 is 0. The highest BCUT2D eigenvalue weighted by Gasteiger charge is 1.96. The Morgan fingerprint density at radius 3 is 2.71 bits per heavy atom. The average Bonchev–Trinajstić information content (AvgIpc) is 2.17. The fourth-order valence-corrected chi connectivity index (χ4v) is 0.985. The Morgan fingerprint density at radius 1 is 1.43 bits per heavy atom. The molecule has 0 bridgehead atoms. The Morgan fingerprint density at radius 2 is 2.21 bits per heavy atom. The molecule has 0 radical (unpaired) electrons. The third-order valence-electron chi connectivity index (χ3n) is 1.67. The first-order valence-corrected chi connectivity index (χ1v) is 4.71. The number of nitrogens with one attached hydrogen (secondary N) is 2. The monoisotopic (exact) mass is 195 g/mol. The summed E-state index contributed by atoms with van der Waals surface area (Å²) in [6.07, 6.45) is 1.73. The van der Waals surface area contributed by atoms with Crippen LogP contribution < -0.4 is 10.8 Å². The maximum atomic E-state index is 4.76. The molecule has 1 rings (SSSR count). The van der Waals surface area contributed by atoms with Gasteiger partial charge in [0.05, 0.1) is 19.0 Å².